The Kier molecular flexibility index (Phi) is 5.20. The first-order valence-corrected chi connectivity index (χ1v) is 9.91. The molecule has 160 valence electrons. The van der Waals surface area contributed by atoms with Crippen molar-refractivity contribution in [2.75, 3.05) is 0 Å². The van der Waals surface area contributed by atoms with Gasteiger partial charge < -0.3 is 5.11 Å². The van der Waals surface area contributed by atoms with Crippen LogP contribution in [0.25, 0.3) is 11.4 Å². The van der Waals surface area contributed by atoms with Crippen molar-refractivity contribution >= 4 is 11.5 Å². The van der Waals surface area contributed by atoms with Crippen LogP contribution >= 0.6 is 0 Å². The average molecular weight is 427 g/mol. The van der Waals surface area contributed by atoms with E-state index in [2.05, 4.69) is 26.5 Å². The van der Waals surface area contributed by atoms with Gasteiger partial charge >= 0.3 is 5.56 Å². The first-order valence-electron chi connectivity index (χ1n) is 9.91. The summed E-state index contributed by atoms with van der Waals surface area (Å²) in [5.41, 5.74) is 0.708. The Morgan fingerprint density at radius 1 is 0.969 bits per heavy atom. The number of nitrogens with zero attached hydrogens (tertiary/aromatic N) is 6. The molecule has 2 heterocycles. The zero-order valence-electron chi connectivity index (χ0n) is 17.8. The SMILES string of the molecule is CC(C)(C)c1n[nH]c(N=Nc2c(O)n(-c3ccccc3)n(-c3ccccc3)c2=O)c1C#N. The first kappa shape index (κ1) is 20.8. The highest BCUT2D eigenvalue weighted by molar-refractivity contribution is 5.55. The van der Waals surface area contributed by atoms with Crippen LogP contribution in [-0.2, 0) is 5.41 Å². The number of nitrogens with one attached hydrogen (secondary N) is 1. The summed E-state index contributed by atoms with van der Waals surface area (Å²) in [4.78, 5) is 13.3. The number of benzene rings is 2. The molecule has 2 aromatic carbocycles. The minimum absolute atomic E-state index is 0.120. The second-order valence-electron chi connectivity index (χ2n) is 8.13. The van der Waals surface area contributed by atoms with E-state index >= 15 is 0 Å². The van der Waals surface area contributed by atoms with E-state index < -0.39 is 5.56 Å². The van der Waals surface area contributed by atoms with Crippen LogP contribution in [-0.4, -0.2) is 24.7 Å². The van der Waals surface area contributed by atoms with Gasteiger partial charge in [0.1, 0.15) is 11.6 Å². The molecule has 0 unspecified atom stereocenters. The van der Waals surface area contributed by atoms with Crippen LogP contribution < -0.4 is 5.56 Å². The molecule has 0 aliphatic rings. The van der Waals surface area contributed by atoms with Crippen molar-refractivity contribution in [1.29, 1.82) is 5.26 Å². The molecule has 4 aromatic rings. The van der Waals surface area contributed by atoms with Gasteiger partial charge in [-0.25, -0.2) is 9.36 Å². The molecule has 0 atom stereocenters. The van der Waals surface area contributed by atoms with Crippen molar-refractivity contribution in [3.63, 3.8) is 0 Å². The number of hydrogen-bond acceptors (Lipinski definition) is 6. The highest BCUT2D eigenvalue weighted by Gasteiger charge is 2.25. The number of nitriles is 1. The van der Waals surface area contributed by atoms with Crippen molar-refractivity contribution < 1.29 is 5.11 Å². The summed E-state index contributed by atoms with van der Waals surface area (Å²) in [6, 6.07) is 20.0. The predicted molar refractivity (Wildman–Crippen MR) is 119 cm³/mol. The molecule has 0 amide bonds. The monoisotopic (exact) mass is 427 g/mol. The molecule has 0 fully saturated rings. The largest absolute Gasteiger partial charge is 0.492 e. The Bertz CT molecular complexity index is 1380. The number of aromatic hydroxyl groups is 1. The Balaban J connectivity index is 1.89. The molecule has 9 heteroatoms. The van der Waals surface area contributed by atoms with Crippen LogP contribution in [0, 0.1) is 11.3 Å². The van der Waals surface area contributed by atoms with Crippen LogP contribution in [0.2, 0.25) is 0 Å². The molecule has 0 aliphatic carbocycles. The van der Waals surface area contributed by atoms with Crippen LogP contribution in [0.15, 0.2) is 75.7 Å². The van der Waals surface area contributed by atoms with E-state index in [-0.39, 0.29) is 28.4 Å². The van der Waals surface area contributed by atoms with Crippen molar-refractivity contribution in [3.8, 4) is 23.3 Å². The lowest BCUT2D eigenvalue weighted by Crippen LogP contribution is -2.20. The Hall–Kier alpha value is -4.45. The number of aromatic nitrogens is 4. The van der Waals surface area contributed by atoms with Gasteiger partial charge in [-0.1, -0.05) is 57.2 Å². The third-order valence-corrected chi connectivity index (χ3v) is 4.83. The molecule has 0 saturated heterocycles. The van der Waals surface area contributed by atoms with Crippen LogP contribution in [0.4, 0.5) is 11.5 Å². The summed E-state index contributed by atoms with van der Waals surface area (Å²) >= 11 is 0. The summed E-state index contributed by atoms with van der Waals surface area (Å²) < 4.78 is 2.68. The summed E-state index contributed by atoms with van der Waals surface area (Å²) in [6.07, 6.45) is 0. The predicted octanol–water partition coefficient (Wildman–Crippen LogP) is 4.64. The molecule has 0 aliphatic heterocycles. The van der Waals surface area contributed by atoms with E-state index in [1.165, 1.54) is 9.36 Å². The van der Waals surface area contributed by atoms with E-state index in [1.54, 1.807) is 48.5 Å². The topological polar surface area (TPSA) is 124 Å². The second-order valence-corrected chi connectivity index (χ2v) is 8.13. The number of aromatic amines is 1. The van der Waals surface area contributed by atoms with Crippen molar-refractivity contribution in [2.24, 2.45) is 10.2 Å². The van der Waals surface area contributed by atoms with Gasteiger partial charge in [0.15, 0.2) is 5.82 Å². The fourth-order valence-corrected chi connectivity index (χ4v) is 3.33. The minimum atomic E-state index is -0.560. The second kappa shape index (κ2) is 8.00. The summed E-state index contributed by atoms with van der Waals surface area (Å²) in [7, 11) is 0. The molecule has 0 spiro atoms. The molecule has 0 bridgehead atoms. The number of para-hydroxylation sites is 2. The van der Waals surface area contributed by atoms with Crippen LogP contribution in [0.3, 0.4) is 0 Å². The fourth-order valence-electron chi connectivity index (χ4n) is 3.33. The quantitative estimate of drug-likeness (QED) is 0.460. The molecule has 0 radical (unpaired) electrons. The van der Waals surface area contributed by atoms with Crippen molar-refractivity contribution in [1.82, 2.24) is 19.6 Å². The third-order valence-electron chi connectivity index (χ3n) is 4.83. The van der Waals surface area contributed by atoms with Gasteiger partial charge in [-0.05, 0) is 24.3 Å². The maximum Gasteiger partial charge on any atom is 0.303 e. The maximum absolute atomic E-state index is 13.3. The zero-order chi connectivity index (χ0) is 22.9. The molecule has 32 heavy (non-hydrogen) atoms. The molecule has 2 aromatic heterocycles. The normalized spacial score (nSPS) is 11.7. The van der Waals surface area contributed by atoms with Gasteiger partial charge in [-0.2, -0.15) is 10.4 Å². The Morgan fingerprint density at radius 3 is 2.06 bits per heavy atom. The highest BCUT2D eigenvalue weighted by atomic mass is 16.3. The van der Waals surface area contributed by atoms with Gasteiger partial charge in [0.2, 0.25) is 11.6 Å². The van der Waals surface area contributed by atoms with Gasteiger partial charge in [-0.3, -0.25) is 9.89 Å². The van der Waals surface area contributed by atoms with E-state index in [1.807, 2.05) is 32.9 Å². The molecule has 2 N–H and O–H groups in total. The van der Waals surface area contributed by atoms with Gasteiger partial charge in [-0.15, -0.1) is 10.2 Å². The smallest absolute Gasteiger partial charge is 0.303 e. The lowest BCUT2D eigenvalue weighted by atomic mass is 9.90. The molecule has 0 saturated carbocycles. The third kappa shape index (κ3) is 3.58. The first-order chi connectivity index (χ1) is 15.3. The standard InChI is InChI=1S/C23H21N7O2/c1-23(2,3)19-17(14-24)20(28-26-19)27-25-18-21(31)29(15-10-6-4-7-11-15)30(22(18)32)16-12-8-5-9-13-16/h4-13,31H,1-3H3,(H,26,28). The van der Waals surface area contributed by atoms with E-state index in [9.17, 15) is 15.2 Å². The van der Waals surface area contributed by atoms with Gasteiger partial charge in [0, 0.05) is 5.41 Å². The van der Waals surface area contributed by atoms with Gasteiger partial charge in [0.05, 0.1) is 17.1 Å². The number of rotatable bonds is 4. The Morgan fingerprint density at radius 2 is 1.53 bits per heavy atom. The van der Waals surface area contributed by atoms with Crippen molar-refractivity contribution in [3.05, 3.63) is 82.3 Å². The fraction of sp³-hybridized carbons (Fsp3) is 0.174. The minimum Gasteiger partial charge on any atom is -0.492 e. The number of azo groups is 1. The maximum atomic E-state index is 13.3. The molecule has 9 nitrogen and oxygen atoms in total. The zero-order valence-corrected chi connectivity index (χ0v) is 17.8. The van der Waals surface area contributed by atoms with E-state index in [0.717, 1.165) is 0 Å². The van der Waals surface area contributed by atoms with Crippen molar-refractivity contribution in [2.45, 2.75) is 26.2 Å². The molecule has 4 rings (SSSR count). The van der Waals surface area contributed by atoms with Crippen LogP contribution in [0.5, 0.6) is 5.88 Å². The lowest BCUT2D eigenvalue weighted by Gasteiger charge is -2.14. The van der Waals surface area contributed by atoms with E-state index in [0.29, 0.717) is 17.1 Å². The molecular weight excluding hydrogens is 406 g/mol. The number of H-pyrrole nitrogens is 1. The number of hydrogen-bond donors (Lipinski definition) is 2. The molecular formula is C23H21N7O2. The highest BCUT2D eigenvalue weighted by Crippen LogP contribution is 2.32. The van der Waals surface area contributed by atoms with Crippen LogP contribution in [0.1, 0.15) is 32.0 Å². The van der Waals surface area contributed by atoms with Gasteiger partial charge in [0.25, 0.3) is 0 Å². The summed E-state index contributed by atoms with van der Waals surface area (Å²) in [6.45, 7) is 5.78. The summed E-state index contributed by atoms with van der Waals surface area (Å²) in [5.74, 6) is -0.252. The Labute approximate surface area is 183 Å². The average Bonchev–Trinajstić information content (AvgIpc) is 3.31. The summed E-state index contributed by atoms with van der Waals surface area (Å²) in [5, 5.41) is 35.4. The lowest BCUT2D eigenvalue weighted by molar-refractivity contribution is 0.426. The van der Waals surface area contributed by atoms with E-state index in [4.69, 9.17) is 0 Å².